The second kappa shape index (κ2) is 4.66. The first-order valence-corrected chi connectivity index (χ1v) is 6.98. The van der Waals surface area contributed by atoms with Gasteiger partial charge in [-0.1, -0.05) is 28.6 Å². The number of anilines is 1. The summed E-state index contributed by atoms with van der Waals surface area (Å²) < 4.78 is 6.36. The van der Waals surface area contributed by atoms with Crippen molar-refractivity contribution in [2.45, 2.75) is 27.3 Å². The van der Waals surface area contributed by atoms with E-state index in [2.05, 4.69) is 40.6 Å². The molecule has 1 N–H and O–H groups in total. The van der Waals surface area contributed by atoms with Gasteiger partial charge >= 0.3 is 0 Å². The van der Waals surface area contributed by atoms with Crippen molar-refractivity contribution in [1.82, 2.24) is 10.1 Å². The van der Waals surface area contributed by atoms with Gasteiger partial charge in [-0.25, -0.2) is 4.98 Å². The lowest BCUT2D eigenvalue weighted by molar-refractivity contribution is 0.392. The van der Waals surface area contributed by atoms with Crippen LogP contribution in [0.4, 0.5) is 5.13 Å². The molecule has 2 aromatic heterocycles. The smallest absolute Gasteiger partial charge is 0.184 e. The molecule has 0 saturated carbocycles. The van der Waals surface area contributed by atoms with Gasteiger partial charge in [-0.05, 0) is 32.4 Å². The maximum absolute atomic E-state index is 5.15. The van der Waals surface area contributed by atoms with Crippen molar-refractivity contribution in [2.24, 2.45) is 0 Å². The first-order chi connectivity index (χ1) is 9.15. The number of hydrogen-bond donors (Lipinski definition) is 1. The quantitative estimate of drug-likeness (QED) is 0.788. The summed E-state index contributed by atoms with van der Waals surface area (Å²) in [6.45, 7) is 6.66. The third kappa shape index (κ3) is 2.21. The van der Waals surface area contributed by atoms with Crippen molar-refractivity contribution in [3.05, 3.63) is 40.8 Å². The third-order valence-electron chi connectivity index (χ3n) is 3.22. The maximum Gasteiger partial charge on any atom is 0.184 e. The minimum absolute atomic E-state index is 0.694. The zero-order valence-electron chi connectivity index (χ0n) is 11.2. The predicted molar refractivity (Wildman–Crippen MR) is 77.7 cm³/mol. The fourth-order valence-electron chi connectivity index (χ4n) is 2.08. The molecule has 1 aromatic carbocycles. The highest BCUT2D eigenvalue weighted by atomic mass is 32.1. The Morgan fingerprint density at radius 2 is 2.11 bits per heavy atom. The molecule has 98 valence electrons. The standard InChI is InChI=1S/C14H15N3OS/c1-8-5-4-6-12-13(8)16-14(19-12)15-7-11-9(2)17-18-10(11)3/h4-6H,7H2,1-3H3,(H,15,16). The van der Waals surface area contributed by atoms with Crippen LogP contribution in [0.2, 0.25) is 0 Å². The van der Waals surface area contributed by atoms with E-state index in [0.717, 1.165) is 27.7 Å². The molecule has 0 radical (unpaired) electrons. The van der Waals surface area contributed by atoms with Gasteiger partial charge < -0.3 is 9.84 Å². The number of fused-ring (bicyclic) bond motifs is 1. The van der Waals surface area contributed by atoms with Gasteiger partial charge in [-0.15, -0.1) is 0 Å². The molecule has 0 fully saturated rings. The number of para-hydroxylation sites is 1. The molecule has 0 unspecified atom stereocenters. The minimum atomic E-state index is 0.694. The van der Waals surface area contributed by atoms with E-state index in [1.807, 2.05) is 13.8 Å². The average Bonchev–Trinajstić information content (AvgIpc) is 2.93. The average molecular weight is 273 g/mol. The third-order valence-corrected chi connectivity index (χ3v) is 4.20. The number of aromatic nitrogens is 2. The molecule has 0 saturated heterocycles. The molecular weight excluding hydrogens is 258 g/mol. The fraction of sp³-hybridized carbons (Fsp3) is 0.286. The number of nitrogens with one attached hydrogen (secondary N) is 1. The highest BCUT2D eigenvalue weighted by molar-refractivity contribution is 7.22. The molecule has 3 rings (SSSR count). The summed E-state index contributed by atoms with van der Waals surface area (Å²) in [5.74, 6) is 0.863. The summed E-state index contributed by atoms with van der Waals surface area (Å²) in [5.41, 5.74) is 4.33. The van der Waals surface area contributed by atoms with Crippen LogP contribution in [0.25, 0.3) is 10.2 Å². The Kier molecular flexibility index (Phi) is 2.98. The molecular formula is C14H15N3OS. The van der Waals surface area contributed by atoms with Crippen LogP contribution in [0, 0.1) is 20.8 Å². The predicted octanol–water partition coefficient (Wildman–Crippen LogP) is 3.82. The number of rotatable bonds is 3. The largest absolute Gasteiger partial charge is 0.361 e. The molecule has 0 amide bonds. The lowest BCUT2D eigenvalue weighted by Gasteiger charge is -2.00. The van der Waals surface area contributed by atoms with Crippen LogP contribution in [-0.4, -0.2) is 10.1 Å². The summed E-state index contributed by atoms with van der Waals surface area (Å²) in [5, 5.41) is 8.24. The SMILES string of the molecule is Cc1noc(C)c1CNc1nc2c(C)cccc2s1. The monoisotopic (exact) mass is 273 g/mol. The van der Waals surface area contributed by atoms with Gasteiger partial charge in [0.15, 0.2) is 5.13 Å². The maximum atomic E-state index is 5.15. The van der Waals surface area contributed by atoms with E-state index in [-0.39, 0.29) is 0 Å². The first kappa shape index (κ1) is 12.2. The molecule has 0 aliphatic rings. The van der Waals surface area contributed by atoms with Gasteiger partial charge in [0.05, 0.1) is 15.9 Å². The van der Waals surface area contributed by atoms with Gasteiger partial charge in [-0.2, -0.15) is 0 Å². The molecule has 5 heteroatoms. The van der Waals surface area contributed by atoms with Crippen LogP contribution in [-0.2, 0) is 6.54 Å². The summed E-state index contributed by atoms with van der Waals surface area (Å²) >= 11 is 1.67. The highest BCUT2D eigenvalue weighted by Gasteiger charge is 2.10. The Bertz CT molecular complexity index is 710. The van der Waals surface area contributed by atoms with Gasteiger partial charge in [0.1, 0.15) is 5.76 Å². The number of aryl methyl sites for hydroxylation is 3. The Labute approximate surface area is 115 Å². The van der Waals surface area contributed by atoms with E-state index in [9.17, 15) is 0 Å². The second-order valence-electron chi connectivity index (χ2n) is 4.60. The van der Waals surface area contributed by atoms with E-state index < -0.39 is 0 Å². The van der Waals surface area contributed by atoms with Crippen molar-refractivity contribution < 1.29 is 4.52 Å². The van der Waals surface area contributed by atoms with Crippen LogP contribution >= 0.6 is 11.3 Å². The number of benzene rings is 1. The zero-order valence-corrected chi connectivity index (χ0v) is 12.0. The molecule has 0 bridgehead atoms. The molecule has 0 aliphatic carbocycles. The Hall–Kier alpha value is -1.88. The normalized spacial score (nSPS) is 11.1. The number of hydrogen-bond acceptors (Lipinski definition) is 5. The zero-order chi connectivity index (χ0) is 13.4. The molecule has 0 spiro atoms. The lowest BCUT2D eigenvalue weighted by atomic mass is 10.2. The molecule has 0 atom stereocenters. The van der Waals surface area contributed by atoms with Gasteiger partial charge in [-0.3, -0.25) is 0 Å². The van der Waals surface area contributed by atoms with Crippen LogP contribution in [0.1, 0.15) is 22.6 Å². The Balaban J connectivity index is 1.84. The van der Waals surface area contributed by atoms with Crippen molar-refractivity contribution in [2.75, 3.05) is 5.32 Å². The van der Waals surface area contributed by atoms with E-state index in [0.29, 0.717) is 6.54 Å². The Morgan fingerprint density at radius 1 is 1.26 bits per heavy atom. The van der Waals surface area contributed by atoms with Crippen molar-refractivity contribution in [1.29, 1.82) is 0 Å². The Morgan fingerprint density at radius 3 is 2.79 bits per heavy atom. The molecule has 4 nitrogen and oxygen atoms in total. The van der Waals surface area contributed by atoms with E-state index in [1.165, 1.54) is 10.3 Å². The van der Waals surface area contributed by atoms with Gasteiger partial charge in [0.2, 0.25) is 0 Å². The molecule has 3 aromatic rings. The van der Waals surface area contributed by atoms with Crippen molar-refractivity contribution in [3.8, 4) is 0 Å². The summed E-state index contributed by atoms with van der Waals surface area (Å²) in [7, 11) is 0. The van der Waals surface area contributed by atoms with Crippen molar-refractivity contribution >= 4 is 26.7 Å². The lowest BCUT2D eigenvalue weighted by Crippen LogP contribution is -2.00. The number of nitrogens with zero attached hydrogens (tertiary/aromatic N) is 2. The summed E-state index contributed by atoms with van der Waals surface area (Å²) in [4.78, 5) is 4.63. The van der Waals surface area contributed by atoms with Crippen LogP contribution < -0.4 is 5.32 Å². The topological polar surface area (TPSA) is 51.0 Å². The van der Waals surface area contributed by atoms with E-state index >= 15 is 0 Å². The second-order valence-corrected chi connectivity index (χ2v) is 5.63. The van der Waals surface area contributed by atoms with Gasteiger partial charge in [0, 0.05) is 12.1 Å². The summed E-state index contributed by atoms with van der Waals surface area (Å²) in [6.07, 6.45) is 0. The minimum Gasteiger partial charge on any atom is -0.361 e. The fourth-order valence-corrected chi connectivity index (χ4v) is 3.02. The molecule has 0 aliphatic heterocycles. The van der Waals surface area contributed by atoms with Crippen molar-refractivity contribution in [3.63, 3.8) is 0 Å². The van der Waals surface area contributed by atoms with Crippen LogP contribution in [0.5, 0.6) is 0 Å². The van der Waals surface area contributed by atoms with E-state index in [1.54, 1.807) is 11.3 Å². The highest BCUT2D eigenvalue weighted by Crippen LogP contribution is 2.28. The molecule has 19 heavy (non-hydrogen) atoms. The van der Waals surface area contributed by atoms with Gasteiger partial charge in [0.25, 0.3) is 0 Å². The number of thiazole rings is 1. The van der Waals surface area contributed by atoms with Crippen LogP contribution in [0.3, 0.4) is 0 Å². The molecule has 2 heterocycles. The van der Waals surface area contributed by atoms with Crippen LogP contribution in [0.15, 0.2) is 22.7 Å². The van der Waals surface area contributed by atoms with E-state index in [4.69, 9.17) is 4.52 Å². The summed E-state index contributed by atoms with van der Waals surface area (Å²) in [6, 6.07) is 6.25. The first-order valence-electron chi connectivity index (χ1n) is 6.17.